The van der Waals surface area contributed by atoms with Gasteiger partial charge in [0.15, 0.2) is 0 Å². The summed E-state index contributed by atoms with van der Waals surface area (Å²) >= 11 is 0. The van der Waals surface area contributed by atoms with Gasteiger partial charge in [-0.3, -0.25) is 5.10 Å². The first kappa shape index (κ1) is 7.84. The Morgan fingerprint density at radius 3 is 3.08 bits per heavy atom. The van der Waals surface area contributed by atoms with Crippen molar-refractivity contribution in [3.05, 3.63) is 29.5 Å². The van der Waals surface area contributed by atoms with Gasteiger partial charge in [-0.15, -0.1) is 6.42 Å². The number of aliphatic hydroxyl groups excluding tert-OH is 1. The molecule has 3 nitrogen and oxygen atoms in total. The maximum atomic E-state index is 8.92. The van der Waals surface area contributed by atoms with Crippen LogP contribution >= 0.6 is 0 Å². The van der Waals surface area contributed by atoms with Crippen LogP contribution in [-0.2, 0) is 6.61 Å². The zero-order valence-electron chi connectivity index (χ0n) is 6.91. The Hall–Kier alpha value is -1.79. The van der Waals surface area contributed by atoms with Crippen LogP contribution in [0.15, 0.2) is 18.2 Å². The van der Waals surface area contributed by atoms with E-state index < -0.39 is 0 Å². The number of hydrogen-bond acceptors (Lipinski definition) is 2. The number of terminal acetylenes is 1. The van der Waals surface area contributed by atoms with Crippen molar-refractivity contribution in [1.29, 1.82) is 0 Å². The van der Waals surface area contributed by atoms with E-state index in [9.17, 15) is 0 Å². The first-order valence-corrected chi connectivity index (χ1v) is 3.89. The quantitative estimate of drug-likeness (QED) is 0.631. The number of nitrogens with zero attached hydrogens (tertiary/aromatic N) is 1. The van der Waals surface area contributed by atoms with Crippen LogP contribution in [0.2, 0.25) is 0 Å². The fourth-order valence-electron chi connectivity index (χ4n) is 1.27. The molecular weight excluding hydrogens is 164 g/mol. The van der Waals surface area contributed by atoms with E-state index in [4.69, 9.17) is 11.5 Å². The van der Waals surface area contributed by atoms with Crippen LogP contribution in [0.25, 0.3) is 10.9 Å². The van der Waals surface area contributed by atoms with Crippen molar-refractivity contribution in [2.45, 2.75) is 6.61 Å². The average molecular weight is 172 g/mol. The van der Waals surface area contributed by atoms with E-state index in [0.29, 0.717) is 5.69 Å². The number of benzene rings is 1. The number of aromatic nitrogens is 2. The minimum absolute atomic E-state index is 0.0190. The van der Waals surface area contributed by atoms with Crippen LogP contribution in [-0.4, -0.2) is 15.3 Å². The van der Waals surface area contributed by atoms with Crippen molar-refractivity contribution >= 4 is 10.9 Å². The molecular formula is C10H8N2O. The van der Waals surface area contributed by atoms with Gasteiger partial charge in [-0.05, 0) is 17.7 Å². The fourth-order valence-corrected chi connectivity index (χ4v) is 1.27. The molecule has 2 aromatic rings. The predicted molar refractivity (Wildman–Crippen MR) is 50.0 cm³/mol. The minimum atomic E-state index is 0.0190. The number of aliphatic hydroxyl groups is 1. The van der Waals surface area contributed by atoms with Crippen LogP contribution in [0, 0.1) is 12.3 Å². The van der Waals surface area contributed by atoms with E-state index >= 15 is 0 Å². The van der Waals surface area contributed by atoms with Crippen molar-refractivity contribution in [2.24, 2.45) is 0 Å². The zero-order valence-corrected chi connectivity index (χ0v) is 6.91. The van der Waals surface area contributed by atoms with Crippen LogP contribution in [0.4, 0.5) is 0 Å². The molecule has 64 valence electrons. The Morgan fingerprint density at radius 2 is 2.38 bits per heavy atom. The van der Waals surface area contributed by atoms with Gasteiger partial charge in [-0.2, -0.15) is 5.10 Å². The summed E-state index contributed by atoms with van der Waals surface area (Å²) in [6.07, 6.45) is 5.27. The highest BCUT2D eigenvalue weighted by atomic mass is 16.3. The zero-order chi connectivity index (χ0) is 9.26. The van der Waals surface area contributed by atoms with Gasteiger partial charge in [0.1, 0.15) is 5.69 Å². The molecule has 0 spiro atoms. The van der Waals surface area contributed by atoms with Crippen molar-refractivity contribution in [2.75, 3.05) is 0 Å². The van der Waals surface area contributed by atoms with Crippen molar-refractivity contribution in [3.63, 3.8) is 0 Å². The van der Waals surface area contributed by atoms with E-state index in [1.54, 1.807) is 0 Å². The van der Waals surface area contributed by atoms with Crippen LogP contribution in [0.1, 0.15) is 11.3 Å². The van der Waals surface area contributed by atoms with E-state index in [0.717, 1.165) is 16.5 Å². The topological polar surface area (TPSA) is 48.9 Å². The van der Waals surface area contributed by atoms with Gasteiger partial charge in [0.05, 0.1) is 12.1 Å². The molecule has 0 saturated heterocycles. The van der Waals surface area contributed by atoms with Gasteiger partial charge < -0.3 is 5.11 Å². The van der Waals surface area contributed by atoms with Gasteiger partial charge in [0.25, 0.3) is 0 Å². The Labute approximate surface area is 75.4 Å². The lowest BCUT2D eigenvalue weighted by Crippen LogP contribution is -1.81. The highest BCUT2D eigenvalue weighted by Gasteiger charge is 2.02. The largest absolute Gasteiger partial charge is 0.392 e. The summed E-state index contributed by atoms with van der Waals surface area (Å²) in [4.78, 5) is 0. The third-order valence-electron chi connectivity index (χ3n) is 1.95. The number of nitrogens with one attached hydrogen (secondary N) is 1. The number of rotatable bonds is 1. The third-order valence-corrected chi connectivity index (χ3v) is 1.95. The number of hydrogen-bond donors (Lipinski definition) is 2. The molecule has 1 aromatic heterocycles. The lowest BCUT2D eigenvalue weighted by atomic mass is 10.1. The molecule has 2 N–H and O–H groups in total. The first-order chi connectivity index (χ1) is 6.35. The molecule has 0 atom stereocenters. The van der Waals surface area contributed by atoms with Crippen LogP contribution in [0.5, 0.6) is 0 Å². The molecule has 0 fully saturated rings. The third kappa shape index (κ3) is 1.17. The molecule has 0 radical (unpaired) electrons. The van der Waals surface area contributed by atoms with Crippen LogP contribution in [0.3, 0.4) is 0 Å². The molecule has 2 rings (SSSR count). The summed E-state index contributed by atoms with van der Waals surface area (Å²) in [6.45, 7) is 0.0190. The van der Waals surface area contributed by atoms with Crippen molar-refractivity contribution < 1.29 is 5.11 Å². The molecule has 0 unspecified atom stereocenters. The predicted octanol–water partition coefficient (Wildman–Crippen LogP) is 1.04. The van der Waals surface area contributed by atoms with Crippen molar-refractivity contribution in [1.82, 2.24) is 10.2 Å². The molecule has 0 aliphatic carbocycles. The van der Waals surface area contributed by atoms with Gasteiger partial charge in [0, 0.05) is 5.39 Å². The second kappa shape index (κ2) is 2.92. The highest BCUT2D eigenvalue weighted by Crippen LogP contribution is 2.16. The first-order valence-electron chi connectivity index (χ1n) is 3.89. The summed E-state index contributed by atoms with van der Waals surface area (Å²) in [5.74, 6) is 2.50. The number of H-pyrrole nitrogens is 1. The van der Waals surface area contributed by atoms with Gasteiger partial charge in [-0.25, -0.2) is 0 Å². The maximum absolute atomic E-state index is 8.92. The monoisotopic (exact) mass is 172 g/mol. The summed E-state index contributed by atoms with van der Waals surface area (Å²) in [7, 11) is 0. The van der Waals surface area contributed by atoms with Gasteiger partial charge >= 0.3 is 0 Å². The summed E-state index contributed by atoms with van der Waals surface area (Å²) in [5.41, 5.74) is 2.32. The van der Waals surface area contributed by atoms with E-state index in [1.165, 1.54) is 0 Å². The summed E-state index contributed by atoms with van der Waals surface area (Å²) in [5, 5.41) is 16.6. The van der Waals surface area contributed by atoms with Gasteiger partial charge in [-0.1, -0.05) is 12.0 Å². The second-order valence-corrected chi connectivity index (χ2v) is 2.75. The number of aromatic amines is 1. The Bertz CT molecular complexity index is 479. The van der Waals surface area contributed by atoms with E-state index in [1.807, 2.05) is 18.2 Å². The van der Waals surface area contributed by atoms with E-state index in [2.05, 4.69) is 16.1 Å². The van der Waals surface area contributed by atoms with Gasteiger partial charge in [0.2, 0.25) is 0 Å². The number of fused-ring (bicyclic) bond motifs is 1. The molecule has 13 heavy (non-hydrogen) atoms. The lowest BCUT2D eigenvalue weighted by Gasteiger charge is -1.94. The molecule has 0 bridgehead atoms. The molecule has 0 aliphatic rings. The molecule has 1 heterocycles. The highest BCUT2D eigenvalue weighted by molar-refractivity contribution is 5.84. The second-order valence-electron chi connectivity index (χ2n) is 2.75. The molecule has 0 amide bonds. The minimum Gasteiger partial charge on any atom is -0.392 e. The summed E-state index contributed by atoms with van der Waals surface area (Å²) in [6, 6.07) is 5.50. The molecule has 3 heteroatoms. The molecule has 1 aromatic carbocycles. The maximum Gasteiger partial charge on any atom is 0.115 e. The normalized spacial score (nSPS) is 10.2. The average Bonchev–Trinajstić information content (AvgIpc) is 2.59. The fraction of sp³-hybridized carbons (Fsp3) is 0.100. The molecule has 0 aliphatic heterocycles. The van der Waals surface area contributed by atoms with Crippen molar-refractivity contribution in [3.8, 4) is 12.3 Å². The SMILES string of the molecule is C#Cc1[nH]nc2ccc(CO)cc12. The summed E-state index contributed by atoms with van der Waals surface area (Å²) < 4.78 is 0. The Balaban J connectivity index is 2.73. The standard InChI is InChI=1S/C10H8N2O/c1-2-9-8-5-7(6-13)3-4-10(8)12-11-9/h1,3-5,13H,6H2,(H,11,12). The Morgan fingerprint density at radius 1 is 1.54 bits per heavy atom. The lowest BCUT2D eigenvalue weighted by molar-refractivity contribution is 0.282. The van der Waals surface area contributed by atoms with E-state index in [-0.39, 0.29) is 6.61 Å². The smallest absolute Gasteiger partial charge is 0.115 e. The Kier molecular flexibility index (Phi) is 1.76. The van der Waals surface area contributed by atoms with Crippen LogP contribution < -0.4 is 0 Å². The molecule has 0 saturated carbocycles.